The number of hydrogen-bond acceptors (Lipinski definition) is 4. The Bertz CT molecular complexity index is 459. The monoisotopic (exact) mass is 298 g/mol. The maximum atomic E-state index is 12.1. The second kappa shape index (κ2) is 7.40. The summed E-state index contributed by atoms with van der Waals surface area (Å²) in [6.45, 7) is 4.99. The predicted molar refractivity (Wildman–Crippen MR) is 80.5 cm³/mol. The Hall–Kier alpha value is -1.40. The Morgan fingerprint density at radius 3 is 2.35 bits per heavy atom. The minimum absolute atomic E-state index is 0.0629. The van der Waals surface area contributed by atoms with Crippen molar-refractivity contribution in [3.63, 3.8) is 0 Å². The summed E-state index contributed by atoms with van der Waals surface area (Å²) in [5.41, 5.74) is 0. The first-order valence-electron chi connectivity index (χ1n) is 6.58. The van der Waals surface area contributed by atoms with E-state index in [0.717, 1.165) is 24.3 Å². The van der Waals surface area contributed by atoms with Crippen molar-refractivity contribution in [1.29, 1.82) is 0 Å². The van der Waals surface area contributed by atoms with Crippen LogP contribution in [0.1, 0.15) is 39.6 Å². The van der Waals surface area contributed by atoms with Gasteiger partial charge in [-0.3, -0.25) is 4.79 Å². The molecule has 0 saturated carbocycles. The van der Waals surface area contributed by atoms with Crippen molar-refractivity contribution in [2.45, 2.75) is 26.3 Å². The van der Waals surface area contributed by atoms with Crippen molar-refractivity contribution in [2.75, 3.05) is 20.6 Å². The molecule has 0 saturated heterocycles. The van der Waals surface area contributed by atoms with Crippen molar-refractivity contribution < 1.29 is 14.7 Å². The van der Waals surface area contributed by atoms with Crippen LogP contribution in [0.3, 0.4) is 0 Å². The first-order chi connectivity index (χ1) is 9.29. The highest BCUT2D eigenvalue weighted by molar-refractivity contribution is 7.15. The van der Waals surface area contributed by atoms with Gasteiger partial charge in [0.15, 0.2) is 0 Å². The van der Waals surface area contributed by atoms with Crippen LogP contribution in [0.15, 0.2) is 12.1 Å². The zero-order valence-electron chi connectivity index (χ0n) is 12.3. The van der Waals surface area contributed by atoms with Crippen molar-refractivity contribution in [1.82, 2.24) is 10.2 Å². The van der Waals surface area contributed by atoms with Crippen LogP contribution in [0.25, 0.3) is 0 Å². The van der Waals surface area contributed by atoms with Gasteiger partial charge in [0.05, 0.1) is 4.88 Å². The molecule has 6 heteroatoms. The highest BCUT2D eigenvalue weighted by atomic mass is 32.1. The molecule has 5 nitrogen and oxygen atoms in total. The van der Waals surface area contributed by atoms with Gasteiger partial charge in [0, 0.05) is 12.6 Å². The average molecular weight is 298 g/mol. The number of nitrogens with one attached hydrogen (secondary N) is 1. The van der Waals surface area contributed by atoms with E-state index in [1.165, 1.54) is 6.07 Å². The molecule has 1 aromatic rings. The fourth-order valence-electron chi connectivity index (χ4n) is 2.02. The molecular weight excluding hydrogens is 276 g/mol. The normalized spacial score (nSPS) is 12.7. The average Bonchev–Trinajstić information content (AvgIpc) is 2.75. The van der Waals surface area contributed by atoms with Gasteiger partial charge >= 0.3 is 5.97 Å². The van der Waals surface area contributed by atoms with Crippen LogP contribution in [0.5, 0.6) is 0 Å². The lowest BCUT2D eigenvalue weighted by atomic mass is 10.0. The number of carbonyl (C=O) groups excluding carboxylic acids is 1. The van der Waals surface area contributed by atoms with Crippen LogP contribution >= 0.6 is 11.3 Å². The Morgan fingerprint density at radius 1 is 1.30 bits per heavy atom. The van der Waals surface area contributed by atoms with Crippen LogP contribution in [0.2, 0.25) is 0 Å². The molecule has 0 radical (unpaired) electrons. The van der Waals surface area contributed by atoms with Gasteiger partial charge in [-0.2, -0.15) is 0 Å². The van der Waals surface area contributed by atoms with E-state index in [-0.39, 0.29) is 16.8 Å². The number of amides is 1. The van der Waals surface area contributed by atoms with Crippen LogP contribution in [0.4, 0.5) is 0 Å². The maximum Gasteiger partial charge on any atom is 0.345 e. The number of thiophene rings is 1. The van der Waals surface area contributed by atoms with Gasteiger partial charge in [0.1, 0.15) is 4.88 Å². The first kappa shape index (κ1) is 16.7. The summed E-state index contributed by atoms with van der Waals surface area (Å²) in [4.78, 5) is 25.6. The smallest absolute Gasteiger partial charge is 0.345 e. The molecule has 1 aromatic heterocycles. The topological polar surface area (TPSA) is 69.6 Å². The lowest BCUT2D eigenvalue weighted by molar-refractivity contribution is 0.0702. The van der Waals surface area contributed by atoms with E-state index in [9.17, 15) is 9.59 Å². The van der Waals surface area contributed by atoms with Crippen molar-refractivity contribution >= 4 is 23.2 Å². The van der Waals surface area contributed by atoms with Gasteiger partial charge in [0.25, 0.3) is 5.91 Å². The third kappa shape index (κ3) is 5.30. The second-order valence-electron chi connectivity index (χ2n) is 5.53. The Kier molecular flexibility index (Phi) is 6.16. The van der Waals surface area contributed by atoms with E-state index < -0.39 is 5.97 Å². The second-order valence-corrected chi connectivity index (χ2v) is 6.62. The number of hydrogen-bond donors (Lipinski definition) is 2. The van der Waals surface area contributed by atoms with Crippen molar-refractivity contribution in [3.05, 3.63) is 21.9 Å². The number of carboxylic acid groups (broad SMARTS) is 1. The van der Waals surface area contributed by atoms with E-state index in [4.69, 9.17) is 5.11 Å². The zero-order valence-corrected chi connectivity index (χ0v) is 13.2. The standard InChI is InChI=1S/C14H22N2O3S/c1-9(2)7-10(8-16(3)4)15-13(17)11-5-6-12(20-11)14(18)19/h5-6,9-10H,7-8H2,1-4H3,(H,15,17)(H,18,19). The molecule has 1 unspecified atom stereocenters. The fraction of sp³-hybridized carbons (Fsp3) is 0.571. The lowest BCUT2D eigenvalue weighted by Crippen LogP contribution is -2.42. The number of carboxylic acids is 1. The Morgan fingerprint density at radius 2 is 1.90 bits per heavy atom. The molecule has 1 rings (SSSR count). The molecule has 0 bridgehead atoms. The van der Waals surface area contributed by atoms with Gasteiger partial charge in [0.2, 0.25) is 0 Å². The summed E-state index contributed by atoms with van der Waals surface area (Å²) in [5, 5.41) is 11.9. The number of nitrogens with zero attached hydrogens (tertiary/aromatic N) is 1. The minimum Gasteiger partial charge on any atom is -0.477 e. The summed E-state index contributed by atoms with van der Waals surface area (Å²) in [7, 11) is 3.93. The zero-order chi connectivity index (χ0) is 15.3. The molecule has 0 fully saturated rings. The molecule has 1 amide bonds. The molecule has 20 heavy (non-hydrogen) atoms. The maximum absolute atomic E-state index is 12.1. The largest absolute Gasteiger partial charge is 0.477 e. The fourth-order valence-corrected chi connectivity index (χ4v) is 2.77. The molecular formula is C14H22N2O3S. The molecule has 2 N–H and O–H groups in total. The van der Waals surface area contributed by atoms with Gasteiger partial charge in [-0.05, 0) is 38.6 Å². The summed E-state index contributed by atoms with van der Waals surface area (Å²) >= 11 is 1.00. The molecule has 112 valence electrons. The highest BCUT2D eigenvalue weighted by Crippen LogP contribution is 2.17. The quantitative estimate of drug-likeness (QED) is 0.809. The van der Waals surface area contributed by atoms with E-state index in [0.29, 0.717) is 10.8 Å². The molecule has 0 aromatic carbocycles. The highest BCUT2D eigenvalue weighted by Gasteiger charge is 2.18. The van der Waals surface area contributed by atoms with Gasteiger partial charge in [-0.15, -0.1) is 11.3 Å². The molecule has 0 spiro atoms. The first-order valence-corrected chi connectivity index (χ1v) is 7.40. The number of aromatic carboxylic acids is 1. The van der Waals surface area contributed by atoms with Gasteiger partial charge in [-0.1, -0.05) is 13.8 Å². The number of carbonyl (C=O) groups is 2. The van der Waals surface area contributed by atoms with E-state index in [2.05, 4.69) is 19.2 Å². The molecule has 0 aliphatic heterocycles. The van der Waals surface area contributed by atoms with Crippen LogP contribution in [-0.2, 0) is 0 Å². The molecule has 0 aliphatic rings. The molecule has 1 atom stereocenters. The summed E-state index contributed by atoms with van der Waals surface area (Å²) in [6, 6.07) is 3.09. The third-order valence-corrected chi connectivity index (χ3v) is 3.79. The number of likely N-dealkylation sites (N-methyl/N-ethyl adjacent to an activating group) is 1. The van der Waals surface area contributed by atoms with Gasteiger partial charge in [-0.25, -0.2) is 4.79 Å². The predicted octanol–water partition coefficient (Wildman–Crippen LogP) is 2.15. The van der Waals surface area contributed by atoms with Crippen molar-refractivity contribution in [3.8, 4) is 0 Å². The van der Waals surface area contributed by atoms with Gasteiger partial charge < -0.3 is 15.3 Å². The van der Waals surface area contributed by atoms with Crippen LogP contribution in [-0.4, -0.2) is 48.6 Å². The minimum atomic E-state index is -0.999. The Labute approximate surface area is 123 Å². The van der Waals surface area contributed by atoms with E-state index in [1.54, 1.807) is 6.07 Å². The third-order valence-electron chi connectivity index (χ3n) is 2.72. The van der Waals surface area contributed by atoms with Crippen molar-refractivity contribution in [2.24, 2.45) is 5.92 Å². The van der Waals surface area contributed by atoms with E-state index >= 15 is 0 Å². The number of rotatable bonds is 7. The summed E-state index contributed by atoms with van der Waals surface area (Å²) in [5.74, 6) is -0.714. The molecule has 0 aliphatic carbocycles. The lowest BCUT2D eigenvalue weighted by Gasteiger charge is -2.23. The van der Waals surface area contributed by atoms with Crippen LogP contribution in [0, 0.1) is 5.92 Å². The Balaban J connectivity index is 2.70. The summed E-state index contributed by atoms with van der Waals surface area (Å²) < 4.78 is 0. The van der Waals surface area contributed by atoms with Crippen LogP contribution < -0.4 is 5.32 Å². The van der Waals surface area contributed by atoms with E-state index in [1.807, 2.05) is 19.0 Å². The summed E-state index contributed by atoms with van der Waals surface area (Å²) in [6.07, 6.45) is 0.890. The SMILES string of the molecule is CC(C)CC(CN(C)C)NC(=O)c1ccc(C(=O)O)s1. The molecule has 1 heterocycles.